The lowest BCUT2D eigenvalue weighted by atomic mass is 10.2. The van der Waals surface area contributed by atoms with E-state index in [0.717, 1.165) is 31.0 Å². The minimum absolute atomic E-state index is 0.168. The first-order valence-electron chi connectivity index (χ1n) is 8.36. The molecule has 0 spiro atoms. The number of ether oxygens (including phenoxy) is 1. The van der Waals surface area contributed by atoms with E-state index < -0.39 is 0 Å². The number of aryl methyl sites for hydroxylation is 1. The number of nitrogens with zero attached hydrogens (tertiary/aromatic N) is 6. The van der Waals surface area contributed by atoms with Crippen molar-refractivity contribution in [2.45, 2.75) is 19.6 Å². The fraction of sp³-hybridized carbons (Fsp3) is 0.500. The molecular formula is C16H22N8O. The van der Waals surface area contributed by atoms with Crippen molar-refractivity contribution in [1.29, 1.82) is 0 Å². The van der Waals surface area contributed by atoms with Crippen LogP contribution in [-0.4, -0.2) is 61.4 Å². The number of nitrogens with one attached hydrogen (secondary N) is 2. The van der Waals surface area contributed by atoms with Gasteiger partial charge in [0.05, 0.1) is 19.1 Å². The van der Waals surface area contributed by atoms with Gasteiger partial charge in [-0.2, -0.15) is 5.10 Å². The van der Waals surface area contributed by atoms with Gasteiger partial charge in [-0.15, -0.1) is 0 Å². The summed E-state index contributed by atoms with van der Waals surface area (Å²) in [5, 5.41) is 7.42. The van der Waals surface area contributed by atoms with Gasteiger partial charge in [0.1, 0.15) is 11.6 Å². The van der Waals surface area contributed by atoms with Gasteiger partial charge in [-0.25, -0.2) is 15.0 Å². The van der Waals surface area contributed by atoms with Crippen molar-refractivity contribution in [3.63, 3.8) is 0 Å². The lowest BCUT2D eigenvalue weighted by Crippen LogP contribution is -2.38. The Morgan fingerprint density at radius 1 is 1.40 bits per heavy atom. The van der Waals surface area contributed by atoms with Gasteiger partial charge in [0, 0.05) is 45.0 Å². The quantitative estimate of drug-likeness (QED) is 0.730. The van der Waals surface area contributed by atoms with E-state index in [1.54, 1.807) is 6.33 Å². The average Bonchev–Trinajstić information content (AvgIpc) is 3.23. The second-order valence-corrected chi connectivity index (χ2v) is 6.25. The van der Waals surface area contributed by atoms with Gasteiger partial charge in [0.15, 0.2) is 17.3 Å². The predicted molar refractivity (Wildman–Crippen MR) is 93.1 cm³/mol. The van der Waals surface area contributed by atoms with E-state index in [4.69, 9.17) is 4.74 Å². The highest BCUT2D eigenvalue weighted by molar-refractivity contribution is 5.82. The Balaban J connectivity index is 1.55. The van der Waals surface area contributed by atoms with Crippen molar-refractivity contribution in [2.24, 2.45) is 7.05 Å². The van der Waals surface area contributed by atoms with Crippen molar-refractivity contribution in [2.75, 3.05) is 32.1 Å². The number of aromatic amines is 1. The first-order chi connectivity index (χ1) is 12.2. The topological polar surface area (TPSA) is 96.8 Å². The molecule has 1 atom stereocenters. The zero-order valence-electron chi connectivity index (χ0n) is 14.7. The molecule has 9 nitrogen and oxygen atoms in total. The van der Waals surface area contributed by atoms with Gasteiger partial charge in [-0.05, 0) is 6.92 Å². The number of imidazole rings is 1. The molecule has 0 aromatic carbocycles. The van der Waals surface area contributed by atoms with Crippen molar-refractivity contribution in [1.82, 2.24) is 34.6 Å². The third kappa shape index (κ3) is 2.96. The fourth-order valence-corrected chi connectivity index (χ4v) is 3.12. The summed E-state index contributed by atoms with van der Waals surface area (Å²) in [4.78, 5) is 18.9. The van der Waals surface area contributed by atoms with Crippen LogP contribution < -0.4 is 5.32 Å². The van der Waals surface area contributed by atoms with Gasteiger partial charge in [0.25, 0.3) is 0 Å². The summed E-state index contributed by atoms with van der Waals surface area (Å²) in [7, 11) is 3.80. The molecule has 9 heteroatoms. The Kier molecular flexibility index (Phi) is 4.10. The van der Waals surface area contributed by atoms with Crippen LogP contribution in [0.15, 0.2) is 12.5 Å². The van der Waals surface area contributed by atoms with Crippen LogP contribution in [0.4, 0.5) is 5.82 Å². The standard InChI is InChI=1S/C16H22N8O/c1-10-11(6-20-23(10)3)7-24-4-5-25-12(8-24)14-21-15(17-2)13-16(22-14)19-9-18-13/h6,9,12H,4-5,7-8H2,1-3H3,(H2,17,18,19,21,22). The molecule has 1 saturated heterocycles. The molecule has 0 radical (unpaired) electrons. The summed E-state index contributed by atoms with van der Waals surface area (Å²) in [6.07, 6.45) is 3.40. The fourth-order valence-electron chi connectivity index (χ4n) is 3.12. The SMILES string of the molecule is CNc1nc(C2CN(Cc3cnn(C)c3C)CCO2)nc2nc[nH]c12. The third-order valence-corrected chi connectivity index (χ3v) is 4.71. The van der Waals surface area contributed by atoms with Gasteiger partial charge >= 0.3 is 0 Å². The van der Waals surface area contributed by atoms with Gasteiger partial charge in [-0.1, -0.05) is 0 Å². The summed E-state index contributed by atoms with van der Waals surface area (Å²) in [6.45, 7) is 5.22. The van der Waals surface area contributed by atoms with Crippen LogP contribution >= 0.6 is 0 Å². The molecule has 3 aromatic rings. The van der Waals surface area contributed by atoms with Crippen LogP contribution in [0.25, 0.3) is 11.2 Å². The van der Waals surface area contributed by atoms with E-state index in [1.165, 1.54) is 11.3 Å². The maximum absolute atomic E-state index is 5.94. The van der Waals surface area contributed by atoms with Gasteiger partial charge < -0.3 is 15.0 Å². The Hall–Kier alpha value is -2.52. The monoisotopic (exact) mass is 342 g/mol. The van der Waals surface area contributed by atoms with Crippen LogP contribution in [0.3, 0.4) is 0 Å². The van der Waals surface area contributed by atoms with Crippen LogP contribution in [0, 0.1) is 6.92 Å². The van der Waals surface area contributed by atoms with Crippen molar-refractivity contribution >= 4 is 17.0 Å². The van der Waals surface area contributed by atoms with Gasteiger partial charge in [0.2, 0.25) is 0 Å². The molecule has 0 saturated carbocycles. The van der Waals surface area contributed by atoms with E-state index in [-0.39, 0.29) is 6.10 Å². The third-order valence-electron chi connectivity index (χ3n) is 4.71. The summed E-state index contributed by atoms with van der Waals surface area (Å²) >= 11 is 0. The molecule has 25 heavy (non-hydrogen) atoms. The summed E-state index contributed by atoms with van der Waals surface area (Å²) in [5.74, 6) is 1.40. The highest BCUT2D eigenvalue weighted by Crippen LogP contribution is 2.25. The average molecular weight is 342 g/mol. The van der Waals surface area contributed by atoms with Crippen molar-refractivity contribution in [3.8, 4) is 0 Å². The largest absolute Gasteiger partial charge is 0.371 e. The zero-order valence-corrected chi connectivity index (χ0v) is 14.7. The lowest BCUT2D eigenvalue weighted by Gasteiger charge is -2.32. The Morgan fingerprint density at radius 3 is 3.04 bits per heavy atom. The normalized spacial score (nSPS) is 18.8. The number of morpholine rings is 1. The van der Waals surface area contributed by atoms with E-state index >= 15 is 0 Å². The molecule has 1 aliphatic rings. The van der Waals surface area contributed by atoms with E-state index in [0.29, 0.717) is 18.1 Å². The molecule has 1 aliphatic heterocycles. The number of rotatable bonds is 4. The van der Waals surface area contributed by atoms with Crippen molar-refractivity contribution in [3.05, 3.63) is 29.6 Å². The van der Waals surface area contributed by atoms with E-state index in [1.807, 2.05) is 25.0 Å². The van der Waals surface area contributed by atoms with Gasteiger partial charge in [-0.3, -0.25) is 9.58 Å². The Labute approximate surface area is 145 Å². The second-order valence-electron chi connectivity index (χ2n) is 6.25. The number of hydrogen-bond donors (Lipinski definition) is 2. The highest BCUT2D eigenvalue weighted by atomic mass is 16.5. The van der Waals surface area contributed by atoms with Crippen LogP contribution in [0.1, 0.15) is 23.2 Å². The molecule has 1 fully saturated rings. The molecule has 4 heterocycles. The summed E-state index contributed by atoms with van der Waals surface area (Å²) in [5.41, 5.74) is 3.89. The Morgan fingerprint density at radius 2 is 2.28 bits per heavy atom. The first kappa shape index (κ1) is 16.0. The Bertz CT molecular complexity index is 886. The molecule has 132 valence electrons. The van der Waals surface area contributed by atoms with E-state index in [2.05, 4.69) is 42.2 Å². The molecule has 0 amide bonds. The molecule has 2 N–H and O–H groups in total. The summed E-state index contributed by atoms with van der Waals surface area (Å²) in [6, 6.07) is 0. The smallest absolute Gasteiger partial charge is 0.183 e. The lowest BCUT2D eigenvalue weighted by molar-refractivity contribution is -0.0370. The van der Waals surface area contributed by atoms with Crippen molar-refractivity contribution < 1.29 is 4.74 Å². The van der Waals surface area contributed by atoms with Crippen LogP contribution in [0.2, 0.25) is 0 Å². The minimum atomic E-state index is -0.168. The number of fused-ring (bicyclic) bond motifs is 1. The molecule has 0 aliphatic carbocycles. The first-order valence-corrected chi connectivity index (χ1v) is 8.36. The molecule has 4 rings (SSSR count). The van der Waals surface area contributed by atoms with Crippen LogP contribution in [-0.2, 0) is 18.3 Å². The molecule has 1 unspecified atom stereocenters. The minimum Gasteiger partial charge on any atom is -0.371 e. The zero-order chi connectivity index (χ0) is 17.4. The predicted octanol–water partition coefficient (Wildman–Crippen LogP) is 1.01. The molecular weight excluding hydrogens is 320 g/mol. The maximum Gasteiger partial charge on any atom is 0.183 e. The number of anilines is 1. The maximum atomic E-state index is 5.94. The molecule has 0 bridgehead atoms. The second kappa shape index (κ2) is 6.41. The number of aromatic nitrogens is 6. The number of H-pyrrole nitrogens is 1. The summed E-state index contributed by atoms with van der Waals surface area (Å²) < 4.78 is 7.84. The van der Waals surface area contributed by atoms with Crippen LogP contribution in [0.5, 0.6) is 0 Å². The highest BCUT2D eigenvalue weighted by Gasteiger charge is 2.26. The number of hydrogen-bond acceptors (Lipinski definition) is 7. The molecule has 3 aromatic heterocycles. The van der Waals surface area contributed by atoms with E-state index in [9.17, 15) is 0 Å².